The second-order valence-electron chi connectivity index (χ2n) is 15.7. The third-order valence-corrected chi connectivity index (χ3v) is 11.3. The molecule has 0 aliphatic carbocycles. The normalized spacial score (nSPS) is 13.7. The molecule has 0 fully saturated rings. The molecule has 0 aromatic carbocycles. The molecule has 0 N–H and O–H groups in total. The summed E-state index contributed by atoms with van der Waals surface area (Å²) in [7, 11) is 5.81. The molecule has 308 valence electrons. The third kappa shape index (κ3) is 38.6. The Balaban J connectivity index is 4.37. The zero-order valence-electron chi connectivity index (χ0n) is 34.5. The number of likely N-dealkylation sites (N-methyl/N-ethyl adjacent to an activating group) is 1. The summed E-state index contributed by atoms with van der Waals surface area (Å²) in [5.74, 6) is -0.825. The number of esters is 2. The molecule has 0 radical (unpaired) electrons. The number of hydrogen-bond donors (Lipinski definition) is 0. The van der Waals surface area contributed by atoms with Crippen LogP contribution in [0, 0.1) is 0 Å². The van der Waals surface area contributed by atoms with Crippen LogP contribution in [-0.4, -0.2) is 84.5 Å². The van der Waals surface area contributed by atoms with Gasteiger partial charge in [-0.15, -0.1) is 0 Å². The van der Waals surface area contributed by atoms with Crippen LogP contribution in [0.2, 0.25) is 0 Å². The van der Waals surface area contributed by atoms with Gasteiger partial charge in [0.15, 0.2) is 0 Å². The van der Waals surface area contributed by atoms with E-state index in [0.29, 0.717) is 17.4 Å². The van der Waals surface area contributed by atoms with Gasteiger partial charge in [0.1, 0.15) is 0 Å². The summed E-state index contributed by atoms with van der Waals surface area (Å²) >= 11 is -5.31. The molecule has 9 nitrogen and oxygen atoms in total. The number of unbranched alkanes of at least 4 members (excludes halogenated alkanes) is 23. The van der Waals surface area contributed by atoms with Gasteiger partial charge in [-0.2, -0.15) is 0 Å². The first-order valence-corrected chi connectivity index (χ1v) is 24.5. The van der Waals surface area contributed by atoms with Crippen LogP contribution in [0.1, 0.15) is 194 Å². The Morgan fingerprint density at radius 2 is 0.981 bits per heavy atom. The van der Waals surface area contributed by atoms with Crippen LogP contribution in [-0.2, 0) is 30.3 Å². The van der Waals surface area contributed by atoms with Crippen LogP contribution in [0.25, 0.3) is 0 Å². The van der Waals surface area contributed by atoms with Crippen molar-refractivity contribution in [2.24, 2.45) is 0 Å². The first-order valence-electron chi connectivity index (χ1n) is 21.4. The summed E-state index contributed by atoms with van der Waals surface area (Å²) in [4.78, 5) is 25.1. The van der Waals surface area contributed by atoms with Crippen molar-refractivity contribution in [3.05, 3.63) is 12.2 Å². The number of quaternary nitrogens is 1. The molecule has 0 aromatic rings. The van der Waals surface area contributed by atoms with Gasteiger partial charge in [-0.1, -0.05) is 109 Å². The molecule has 10 heteroatoms. The molecule has 0 saturated heterocycles. The fourth-order valence-electron chi connectivity index (χ4n) is 5.88. The van der Waals surface area contributed by atoms with Crippen molar-refractivity contribution in [1.82, 2.24) is 0 Å². The maximum absolute atomic E-state index is 12.6. The van der Waals surface area contributed by atoms with Gasteiger partial charge in [-0.05, 0) is 12.8 Å². The zero-order valence-corrected chi connectivity index (χ0v) is 36.4. The molecule has 0 saturated carbocycles. The van der Waals surface area contributed by atoms with Gasteiger partial charge in [0.2, 0.25) is 0 Å². The molecule has 2 atom stereocenters. The number of ether oxygens (including phenoxy) is 2. The van der Waals surface area contributed by atoms with Gasteiger partial charge < -0.3 is 0 Å². The average molecular weight is 804 g/mol. The SMILES string of the molecule is CCCCCCCC/C=C\CCCCCCCC(=O)O[C@H](COC(=O)CCCCCCCCCCCCCCC)CO[As](=O)([O-])OCC[N+](C)(C)C. The predicted molar refractivity (Wildman–Crippen MR) is 212 cm³/mol. The van der Waals surface area contributed by atoms with Gasteiger partial charge in [0.25, 0.3) is 0 Å². The van der Waals surface area contributed by atoms with Crippen LogP contribution in [0.5, 0.6) is 0 Å². The van der Waals surface area contributed by atoms with E-state index in [1.54, 1.807) is 0 Å². The Hall–Kier alpha value is -1.12. The molecule has 52 heavy (non-hydrogen) atoms. The third-order valence-electron chi connectivity index (χ3n) is 9.29. The predicted octanol–water partition coefficient (Wildman–Crippen LogP) is 9.93. The van der Waals surface area contributed by atoms with Crippen molar-refractivity contribution in [1.29, 1.82) is 0 Å². The summed E-state index contributed by atoms with van der Waals surface area (Å²) in [5, 5.41) is 0. The molecule has 0 spiro atoms. The summed E-state index contributed by atoms with van der Waals surface area (Å²) < 4.78 is 46.5. The van der Waals surface area contributed by atoms with E-state index < -0.39 is 33.2 Å². The molecule has 0 heterocycles. The average Bonchev–Trinajstić information content (AvgIpc) is 3.09. The van der Waals surface area contributed by atoms with Crippen molar-refractivity contribution >= 4 is 26.5 Å². The Morgan fingerprint density at radius 1 is 0.577 bits per heavy atom. The Bertz CT molecular complexity index is 907. The second kappa shape index (κ2) is 35.6. The summed E-state index contributed by atoms with van der Waals surface area (Å²) in [5.41, 5.74) is 0. The van der Waals surface area contributed by atoms with E-state index in [1.165, 1.54) is 109 Å². The number of carbonyl (C=O) groups excluding carboxylic acids is 2. The Labute approximate surface area is 323 Å². The molecule has 0 aromatic heterocycles. The molecule has 0 amide bonds. The summed E-state index contributed by atoms with van der Waals surface area (Å²) in [6, 6.07) is 0. The van der Waals surface area contributed by atoms with Crippen LogP contribution >= 0.6 is 0 Å². The molecule has 0 aliphatic heterocycles. The van der Waals surface area contributed by atoms with Gasteiger partial charge >= 0.3 is 202 Å². The van der Waals surface area contributed by atoms with E-state index in [4.69, 9.17) is 16.9 Å². The first-order chi connectivity index (χ1) is 25.0. The number of allylic oxidation sites excluding steroid dienone is 2. The zero-order chi connectivity index (χ0) is 38.6. The van der Waals surface area contributed by atoms with E-state index in [0.717, 1.165) is 51.4 Å². The van der Waals surface area contributed by atoms with E-state index in [-0.39, 0.29) is 32.0 Å². The minimum absolute atomic E-state index is 0.00243. The number of carbonyl (C=O) groups is 2. The monoisotopic (exact) mass is 804 g/mol. The Morgan fingerprint density at radius 3 is 1.42 bits per heavy atom. The number of rotatable bonds is 39. The fraction of sp³-hybridized carbons (Fsp3) is 0.905. The van der Waals surface area contributed by atoms with Crippen LogP contribution in [0.15, 0.2) is 12.2 Å². The van der Waals surface area contributed by atoms with Crippen molar-refractivity contribution < 1.29 is 38.8 Å². The number of hydrogen-bond acceptors (Lipinski definition) is 8. The summed E-state index contributed by atoms with van der Waals surface area (Å²) in [6.07, 6.45) is 35.2. The molecular formula is C42H82AsNO8. The molecule has 0 rings (SSSR count). The Kier molecular flexibility index (Phi) is 34.8. The van der Waals surface area contributed by atoms with E-state index in [1.807, 2.05) is 21.1 Å². The molecule has 1 unspecified atom stereocenters. The standard InChI is InChI=1S/C42H82AsNO8/c1-6-8-10-12-14-16-18-20-21-23-25-27-29-31-33-35-42(46)52-40(39-51-43(47,48)50-37-36-44(3,4)5)38-49-41(45)34-32-30-28-26-24-22-19-17-15-13-11-9-7-2/h20-21,40H,6-19,22-39H2,1-5H3/b21-20-/t40-/m1/s1. The quantitative estimate of drug-likeness (QED) is 0.0199. The van der Waals surface area contributed by atoms with Crippen molar-refractivity contribution in [2.45, 2.75) is 200 Å². The maximum atomic E-state index is 12.6. The fourth-order valence-corrected chi connectivity index (χ4v) is 7.41. The van der Waals surface area contributed by atoms with Crippen LogP contribution < -0.4 is 4.10 Å². The minimum atomic E-state index is -5.31. The van der Waals surface area contributed by atoms with Crippen molar-refractivity contribution in [2.75, 3.05) is 47.5 Å². The van der Waals surface area contributed by atoms with Gasteiger partial charge in [0, 0.05) is 0 Å². The topological polar surface area (TPSA) is 111 Å². The first kappa shape index (κ1) is 50.9. The van der Waals surface area contributed by atoms with Gasteiger partial charge in [-0.3, -0.25) is 0 Å². The van der Waals surface area contributed by atoms with E-state index in [9.17, 15) is 17.4 Å². The van der Waals surface area contributed by atoms with Gasteiger partial charge in [-0.25, -0.2) is 0 Å². The summed E-state index contributed by atoms with van der Waals surface area (Å²) in [6.45, 7) is 4.30. The van der Waals surface area contributed by atoms with Crippen molar-refractivity contribution in [3.63, 3.8) is 0 Å². The van der Waals surface area contributed by atoms with Crippen molar-refractivity contribution in [3.8, 4) is 0 Å². The van der Waals surface area contributed by atoms with Crippen LogP contribution in [0.3, 0.4) is 0 Å². The van der Waals surface area contributed by atoms with Gasteiger partial charge in [0.05, 0.1) is 0 Å². The second-order valence-corrected chi connectivity index (χ2v) is 18.7. The van der Waals surface area contributed by atoms with E-state index in [2.05, 4.69) is 26.0 Å². The number of nitrogens with zero attached hydrogens (tertiary/aromatic N) is 1. The van der Waals surface area contributed by atoms with E-state index >= 15 is 0 Å². The molecular weight excluding hydrogens is 721 g/mol. The van der Waals surface area contributed by atoms with Crippen LogP contribution in [0.4, 0.5) is 0 Å². The molecule has 0 aliphatic rings. The molecule has 0 bridgehead atoms.